The maximum absolute atomic E-state index is 3.87. The first-order chi connectivity index (χ1) is 6.12. The van der Waals surface area contributed by atoms with E-state index in [2.05, 4.69) is 19.2 Å². The predicted octanol–water partition coefficient (Wildman–Crippen LogP) is 2.71. The summed E-state index contributed by atoms with van der Waals surface area (Å²) in [5, 5.41) is 3.87. The minimum atomic E-state index is 0.612. The molecule has 0 heterocycles. The lowest BCUT2D eigenvalue weighted by atomic mass is 9.53. The summed E-state index contributed by atoms with van der Waals surface area (Å²) in [4.78, 5) is 0. The largest absolute Gasteiger partial charge is 0.310 e. The van der Waals surface area contributed by atoms with Gasteiger partial charge in [0.2, 0.25) is 0 Å². The number of nitrogens with one attached hydrogen (secondary N) is 1. The Morgan fingerprint density at radius 1 is 1.08 bits per heavy atom. The lowest BCUT2D eigenvalue weighted by Crippen LogP contribution is -2.57. The molecule has 3 rings (SSSR count). The second-order valence-corrected chi connectivity index (χ2v) is 6.22. The number of hydrogen-bond donors (Lipinski definition) is 1. The summed E-state index contributed by atoms with van der Waals surface area (Å²) in [6, 6.07) is 1.74. The van der Waals surface area contributed by atoms with Gasteiger partial charge in [-0.2, -0.15) is 0 Å². The van der Waals surface area contributed by atoms with Gasteiger partial charge in [-0.25, -0.2) is 0 Å². The van der Waals surface area contributed by atoms with Gasteiger partial charge < -0.3 is 5.32 Å². The van der Waals surface area contributed by atoms with Crippen LogP contribution in [0.5, 0.6) is 0 Å². The SMILES string of the molecule is CC1(C)CC1NC1CCC12CCC2. The summed E-state index contributed by atoms with van der Waals surface area (Å²) in [6.45, 7) is 4.77. The van der Waals surface area contributed by atoms with Crippen molar-refractivity contribution in [3.05, 3.63) is 0 Å². The highest BCUT2D eigenvalue weighted by molar-refractivity contribution is 5.10. The maximum Gasteiger partial charge on any atom is 0.0127 e. The Morgan fingerprint density at radius 2 is 1.77 bits per heavy atom. The van der Waals surface area contributed by atoms with Gasteiger partial charge >= 0.3 is 0 Å². The van der Waals surface area contributed by atoms with E-state index < -0.39 is 0 Å². The summed E-state index contributed by atoms with van der Waals surface area (Å²) in [7, 11) is 0. The fourth-order valence-corrected chi connectivity index (χ4v) is 3.18. The molecule has 0 amide bonds. The molecular formula is C12H21N. The molecular weight excluding hydrogens is 158 g/mol. The van der Waals surface area contributed by atoms with Crippen LogP contribution in [0.1, 0.15) is 52.4 Å². The van der Waals surface area contributed by atoms with Crippen LogP contribution in [0.25, 0.3) is 0 Å². The molecule has 2 atom stereocenters. The summed E-state index contributed by atoms with van der Waals surface area (Å²) < 4.78 is 0. The zero-order valence-corrected chi connectivity index (χ0v) is 8.90. The third kappa shape index (κ3) is 1.09. The third-order valence-corrected chi connectivity index (χ3v) is 4.94. The van der Waals surface area contributed by atoms with Crippen molar-refractivity contribution in [3.8, 4) is 0 Å². The molecule has 3 aliphatic rings. The fourth-order valence-electron chi connectivity index (χ4n) is 3.18. The number of hydrogen-bond acceptors (Lipinski definition) is 1. The van der Waals surface area contributed by atoms with E-state index in [4.69, 9.17) is 0 Å². The van der Waals surface area contributed by atoms with Crippen LogP contribution in [0, 0.1) is 10.8 Å². The van der Waals surface area contributed by atoms with Gasteiger partial charge in [-0.1, -0.05) is 20.3 Å². The monoisotopic (exact) mass is 179 g/mol. The Bertz CT molecular complexity index is 222. The highest BCUT2D eigenvalue weighted by atomic mass is 15.1. The molecule has 1 nitrogen and oxygen atoms in total. The summed E-state index contributed by atoms with van der Waals surface area (Å²) >= 11 is 0. The van der Waals surface area contributed by atoms with E-state index in [1.54, 1.807) is 0 Å². The van der Waals surface area contributed by atoms with Gasteiger partial charge in [0.25, 0.3) is 0 Å². The molecule has 0 aromatic carbocycles. The van der Waals surface area contributed by atoms with Gasteiger partial charge in [0, 0.05) is 12.1 Å². The van der Waals surface area contributed by atoms with Gasteiger partial charge in [-0.15, -0.1) is 0 Å². The van der Waals surface area contributed by atoms with E-state index in [1.165, 1.54) is 38.5 Å². The molecule has 1 heteroatoms. The second kappa shape index (κ2) is 2.31. The molecule has 74 valence electrons. The first kappa shape index (κ1) is 8.28. The van der Waals surface area contributed by atoms with Gasteiger partial charge in [0.05, 0.1) is 0 Å². The molecule has 1 N–H and O–H groups in total. The van der Waals surface area contributed by atoms with Gasteiger partial charge in [0.15, 0.2) is 0 Å². The van der Waals surface area contributed by atoms with Crippen molar-refractivity contribution in [2.24, 2.45) is 10.8 Å². The molecule has 0 saturated heterocycles. The molecule has 13 heavy (non-hydrogen) atoms. The van der Waals surface area contributed by atoms with Gasteiger partial charge in [0.1, 0.15) is 0 Å². The summed E-state index contributed by atoms with van der Waals surface area (Å²) in [5.41, 5.74) is 1.40. The molecule has 0 radical (unpaired) electrons. The van der Waals surface area contributed by atoms with Crippen LogP contribution < -0.4 is 5.32 Å². The fraction of sp³-hybridized carbons (Fsp3) is 1.00. The lowest BCUT2D eigenvalue weighted by molar-refractivity contribution is -0.0194. The van der Waals surface area contributed by atoms with E-state index in [0.717, 1.165) is 17.5 Å². The zero-order chi connectivity index (χ0) is 9.10. The van der Waals surface area contributed by atoms with E-state index >= 15 is 0 Å². The van der Waals surface area contributed by atoms with Crippen molar-refractivity contribution in [2.45, 2.75) is 64.5 Å². The van der Waals surface area contributed by atoms with Gasteiger partial charge in [-0.3, -0.25) is 0 Å². The quantitative estimate of drug-likeness (QED) is 0.687. The Balaban J connectivity index is 1.57. The number of rotatable bonds is 2. The maximum atomic E-state index is 3.87. The van der Waals surface area contributed by atoms with Crippen molar-refractivity contribution >= 4 is 0 Å². The Morgan fingerprint density at radius 3 is 2.08 bits per heavy atom. The molecule has 3 fully saturated rings. The van der Waals surface area contributed by atoms with Crippen LogP contribution in [0.3, 0.4) is 0 Å². The summed E-state index contributed by atoms with van der Waals surface area (Å²) in [6.07, 6.45) is 8.88. The Kier molecular flexibility index (Phi) is 1.47. The molecule has 0 bridgehead atoms. The standard InChI is InChI=1S/C12H21N/c1-11(2)8-10(11)13-9-4-7-12(9)5-3-6-12/h9-10,13H,3-8H2,1-2H3. The smallest absolute Gasteiger partial charge is 0.0127 e. The van der Waals surface area contributed by atoms with Crippen LogP contribution in [-0.2, 0) is 0 Å². The van der Waals surface area contributed by atoms with Crippen molar-refractivity contribution in [2.75, 3.05) is 0 Å². The Labute approximate surface area is 81.3 Å². The predicted molar refractivity (Wildman–Crippen MR) is 54.6 cm³/mol. The van der Waals surface area contributed by atoms with Crippen molar-refractivity contribution < 1.29 is 0 Å². The molecule has 0 aromatic rings. The Hall–Kier alpha value is -0.0400. The van der Waals surface area contributed by atoms with E-state index in [-0.39, 0.29) is 0 Å². The molecule has 1 spiro atoms. The van der Waals surface area contributed by atoms with Gasteiger partial charge in [-0.05, 0) is 42.9 Å². The normalized spacial score (nSPS) is 43.8. The van der Waals surface area contributed by atoms with Crippen molar-refractivity contribution in [3.63, 3.8) is 0 Å². The van der Waals surface area contributed by atoms with Crippen LogP contribution in [0.2, 0.25) is 0 Å². The first-order valence-corrected chi connectivity index (χ1v) is 5.89. The highest BCUT2D eigenvalue weighted by Crippen LogP contribution is 2.57. The van der Waals surface area contributed by atoms with Crippen LogP contribution in [-0.4, -0.2) is 12.1 Å². The summed E-state index contributed by atoms with van der Waals surface area (Å²) in [5.74, 6) is 0. The van der Waals surface area contributed by atoms with E-state index in [1.807, 2.05) is 0 Å². The molecule has 0 aliphatic heterocycles. The third-order valence-electron chi connectivity index (χ3n) is 4.94. The second-order valence-electron chi connectivity index (χ2n) is 6.22. The minimum Gasteiger partial charge on any atom is -0.310 e. The first-order valence-electron chi connectivity index (χ1n) is 5.89. The minimum absolute atomic E-state index is 0.612. The topological polar surface area (TPSA) is 12.0 Å². The molecule has 0 aromatic heterocycles. The van der Waals surface area contributed by atoms with E-state index in [0.29, 0.717) is 5.41 Å². The van der Waals surface area contributed by atoms with Crippen LogP contribution in [0.4, 0.5) is 0 Å². The van der Waals surface area contributed by atoms with Crippen molar-refractivity contribution in [1.82, 2.24) is 5.32 Å². The van der Waals surface area contributed by atoms with Crippen LogP contribution >= 0.6 is 0 Å². The average molecular weight is 179 g/mol. The van der Waals surface area contributed by atoms with E-state index in [9.17, 15) is 0 Å². The van der Waals surface area contributed by atoms with Crippen molar-refractivity contribution in [1.29, 1.82) is 0 Å². The molecule has 3 saturated carbocycles. The molecule has 3 aliphatic carbocycles. The highest BCUT2D eigenvalue weighted by Gasteiger charge is 2.54. The average Bonchev–Trinajstić information content (AvgIpc) is 2.48. The lowest BCUT2D eigenvalue weighted by Gasteiger charge is -2.56. The zero-order valence-electron chi connectivity index (χ0n) is 8.90. The van der Waals surface area contributed by atoms with Crippen LogP contribution in [0.15, 0.2) is 0 Å². The molecule has 2 unspecified atom stereocenters.